The van der Waals surface area contributed by atoms with Gasteiger partial charge in [-0.1, -0.05) is 35.9 Å². The number of aromatic nitrogens is 2. The molecule has 0 bridgehead atoms. The van der Waals surface area contributed by atoms with E-state index < -0.39 is 0 Å². The van der Waals surface area contributed by atoms with E-state index >= 15 is 0 Å². The molecule has 4 nitrogen and oxygen atoms in total. The Balaban J connectivity index is 1.54. The summed E-state index contributed by atoms with van der Waals surface area (Å²) in [6, 6.07) is 14.8. The molecule has 1 aliphatic rings. The predicted molar refractivity (Wildman–Crippen MR) is 111 cm³/mol. The zero-order valence-corrected chi connectivity index (χ0v) is 16.7. The average molecular weight is 389 g/mol. The minimum atomic E-state index is -0.344. The van der Waals surface area contributed by atoms with Gasteiger partial charge < -0.3 is 4.90 Å². The molecular weight excluding hydrogens is 365 g/mol. The number of benzene rings is 2. The molecule has 4 rings (SSSR count). The molecule has 0 spiro atoms. The van der Waals surface area contributed by atoms with Crippen LogP contribution in [0.25, 0.3) is 11.4 Å². The van der Waals surface area contributed by atoms with Gasteiger partial charge in [-0.3, -0.25) is 4.79 Å². The van der Waals surface area contributed by atoms with Crippen molar-refractivity contribution in [3.05, 3.63) is 82.9 Å². The first kappa shape index (κ1) is 19.2. The van der Waals surface area contributed by atoms with Crippen molar-refractivity contribution in [1.82, 2.24) is 14.9 Å². The topological polar surface area (TPSA) is 46.1 Å². The van der Waals surface area contributed by atoms with Gasteiger partial charge in [0.15, 0.2) is 5.82 Å². The normalized spacial score (nSPS) is 16.7. The lowest BCUT2D eigenvalue weighted by atomic mass is 9.94. The fourth-order valence-electron chi connectivity index (χ4n) is 3.75. The van der Waals surface area contributed by atoms with Gasteiger partial charge in [0, 0.05) is 42.0 Å². The molecule has 1 aromatic heterocycles. The van der Waals surface area contributed by atoms with Gasteiger partial charge in [-0.05, 0) is 50.5 Å². The Bertz CT molecular complexity index is 1030. The van der Waals surface area contributed by atoms with E-state index in [4.69, 9.17) is 4.98 Å². The molecule has 2 aromatic carbocycles. The summed E-state index contributed by atoms with van der Waals surface area (Å²) in [5.74, 6) is 0.381. The number of rotatable bonds is 3. The minimum Gasteiger partial charge on any atom is -0.338 e. The van der Waals surface area contributed by atoms with E-state index in [0.29, 0.717) is 30.0 Å². The number of amides is 1. The third-order valence-electron chi connectivity index (χ3n) is 5.53. The molecule has 3 aromatic rings. The third kappa shape index (κ3) is 4.19. The Hall–Kier alpha value is -3.08. The van der Waals surface area contributed by atoms with Crippen molar-refractivity contribution in [1.29, 1.82) is 0 Å². The number of halogens is 1. The molecule has 0 N–H and O–H groups in total. The summed E-state index contributed by atoms with van der Waals surface area (Å²) in [6.45, 7) is 5.01. The van der Waals surface area contributed by atoms with Crippen LogP contribution < -0.4 is 0 Å². The van der Waals surface area contributed by atoms with Crippen LogP contribution in [-0.4, -0.2) is 33.9 Å². The summed E-state index contributed by atoms with van der Waals surface area (Å²) in [4.78, 5) is 23.9. The van der Waals surface area contributed by atoms with Gasteiger partial charge in [0.2, 0.25) is 0 Å². The number of carbonyl (C=O) groups is 1. The molecule has 0 saturated carbocycles. The van der Waals surface area contributed by atoms with Crippen LogP contribution in [0.5, 0.6) is 0 Å². The number of piperidine rings is 1. The highest BCUT2D eigenvalue weighted by Gasteiger charge is 2.27. The summed E-state index contributed by atoms with van der Waals surface area (Å²) in [5.41, 5.74) is 4.07. The lowest BCUT2D eigenvalue weighted by Gasteiger charge is -2.32. The summed E-state index contributed by atoms with van der Waals surface area (Å²) in [5, 5.41) is 0. The fraction of sp³-hybridized carbons (Fsp3) is 0.292. The zero-order chi connectivity index (χ0) is 20.4. The van der Waals surface area contributed by atoms with Gasteiger partial charge in [0.05, 0.1) is 0 Å². The van der Waals surface area contributed by atoms with E-state index in [1.165, 1.54) is 11.6 Å². The zero-order valence-electron chi connectivity index (χ0n) is 16.7. The predicted octanol–water partition coefficient (Wildman–Crippen LogP) is 4.92. The van der Waals surface area contributed by atoms with E-state index in [1.54, 1.807) is 25.3 Å². The molecule has 29 heavy (non-hydrogen) atoms. The molecule has 1 atom stereocenters. The van der Waals surface area contributed by atoms with Crippen LogP contribution in [0.3, 0.4) is 0 Å². The molecule has 0 aliphatic carbocycles. The standard InChI is InChI=1S/C24H24FN3O/c1-16-5-8-18(9-6-16)23-26-12-11-22(27-23)20-4-3-13-28(15-20)24(29)19-10-7-17(2)21(25)14-19/h5-12,14,20H,3-4,13,15H2,1-2H3/t20-/m0/s1. The number of aryl methyl sites for hydroxylation is 2. The highest BCUT2D eigenvalue weighted by Crippen LogP contribution is 2.28. The van der Waals surface area contributed by atoms with Gasteiger partial charge in [-0.2, -0.15) is 0 Å². The number of likely N-dealkylation sites (tertiary alicyclic amines) is 1. The second kappa shape index (κ2) is 8.11. The number of hydrogen-bond donors (Lipinski definition) is 0. The van der Waals surface area contributed by atoms with Crippen molar-refractivity contribution < 1.29 is 9.18 Å². The molecule has 1 amide bonds. The summed E-state index contributed by atoms with van der Waals surface area (Å²) in [7, 11) is 0. The first-order valence-electron chi connectivity index (χ1n) is 9.96. The first-order valence-corrected chi connectivity index (χ1v) is 9.96. The maximum atomic E-state index is 13.9. The van der Waals surface area contributed by atoms with E-state index in [1.807, 2.05) is 35.2 Å². The van der Waals surface area contributed by atoms with Crippen molar-refractivity contribution in [2.75, 3.05) is 13.1 Å². The van der Waals surface area contributed by atoms with Crippen LogP contribution >= 0.6 is 0 Å². The highest BCUT2D eigenvalue weighted by molar-refractivity contribution is 5.94. The van der Waals surface area contributed by atoms with Crippen molar-refractivity contribution in [2.24, 2.45) is 0 Å². The summed E-state index contributed by atoms with van der Waals surface area (Å²) >= 11 is 0. The van der Waals surface area contributed by atoms with E-state index in [2.05, 4.69) is 11.9 Å². The summed E-state index contributed by atoms with van der Waals surface area (Å²) < 4.78 is 13.9. The molecule has 1 aliphatic heterocycles. The molecule has 1 fully saturated rings. The fourth-order valence-corrected chi connectivity index (χ4v) is 3.75. The second-order valence-corrected chi connectivity index (χ2v) is 7.73. The Morgan fingerprint density at radius 1 is 1.10 bits per heavy atom. The van der Waals surface area contributed by atoms with Crippen LogP contribution in [0.2, 0.25) is 0 Å². The van der Waals surface area contributed by atoms with Gasteiger partial charge >= 0.3 is 0 Å². The van der Waals surface area contributed by atoms with Crippen LogP contribution in [0, 0.1) is 19.7 Å². The smallest absolute Gasteiger partial charge is 0.253 e. The Labute approximate surface area is 170 Å². The van der Waals surface area contributed by atoms with Crippen molar-refractivity contribution >= 4 is 5.91 Å². The maximum Gasteiger partial charge on any atom is 0.253 e. The van der Waals surface area contributed by atoms with Crippen molar-refractivity contribution in [3.8, 4) is 11.4 Å². The Kier molecular flexibility index (Phi) is 5.38. The van der Waals surface area contributed by atoms with Gasteiger partial charge in [-0.25, -0.2) is 14.4 Å². The first-order chi connectivity index (χ1) is 14.0. The van der Waals surface area contributed by atoms with Gasteiger partial charge in [-0.15, -0.1) is 0 Å². The van der Waals surface area contributed by atoms with Crippen LogP contribution in [0.15, 0.2) is 54.7 Å². The quantitative estimate of drug-likeness (QED) is 0.639. The maximum absolute atomic E-state index is 13.9. The second-order valence-electron chi connectivity index (χ2n) is 7.73. The van der Waals surface area contributed by atoms with E-state index in [-0.39, 0.29) is 17.6 Å². The Morgan fingerprint density at radius 2 is 1.90 bits per heavy atom. The monoisotopic (exact) mass is 389 g/mol. The minimum absolute atomic E-state index is 0.124. The average Bonchev–Trinajstić information content (AvgIpc) is 2.76. The molecule has 5 heteroatoms. The lowest BCUT2D eigenvalue weighted by molar-refractivity contribution is 0.0705. The van der Waals surface area contributed by atoms with E-state index in [0.717, 1.165) is 24.1 Å². The Morgan fingerprint density at radius 3 is 2.66 bits per heavy atom. The highest BCUT2D eigenvalue weighted by atomic mass is 19.1. The number of hydrogen-bond acceptors (Lipinski definition) is 3. The largest absolute Gasteiger partial charge is 0.338 e. The molecule has 0 radical (unpaired) electrons. The third-order valence-corrected chi connectivity index (χ3v) is 5.53. The number of carbonyl (C=O) groups excluding carboxylic acids is 1. The van der Waals surface area contributed by atoms with Crippen LogP contribution in [-0.2, 0) is 0 Å². The molecule has 2 heterocycles. The number of nitrogens with zero attached hydrogens (tertiary/aromatic N) is 3. The molecule has 1 saturated heterocycles. The lowest BCUT2D eigenvalue weighted by Crippen LogP contribution is -2.39. The van der Waals surface area contributed by atoms with Crippen LogP contribution in [0.4, 0.5) is 4.39 Å². The van der Waals surface area contributed by atoms with Gasteiger partial charge in [0.1, 0.15) is 5.82 Å². The van der Waals surface area contributed by atoms with E-state index in [9.17, 15) is 9.18 Å². The van der Waals surface area contributed by atoms with Gasteiger partial charge in [0.25, 0.3) is 5.91 Å². The van der Waals surface area contributed by atoms with Crippen LogP contribution in [0.1, 0.15) is 45.9 Å². The molecule has 0 unspecified atom stereocenters. The molecule has 148 valence electrons. The van der Waals surface area contributed by atoms with Crippen molar-refractivity contribution in [3.63, 3.8) is 0 Å². The molecular formula is C24H24FN3O. The summed E-state index contributed by atoms with van der Waals surface area (Å²) in [6.07, 6.45) is 3.65. The SMILES string of the molecule is Cc1ccc(-c2nccc([C@H]3CCCN(C(=O)c4ccc(C)c(F)c4)C3)n2)cc1. The van der Waals surface area contributed by atoms with Crippen molar-refractivity contribution in [2.45, 2.75) is 32.6 Å².